The number of methoxy groups -OCH3 is 1. The van der Waals surface area contributed by atoms with Crippen molar-refractivity contribution in [3.8, 4) is 17.0 Å². The third-order valence-corrected chi connectivity index (χ3v) is 4.73. The number of fused-ring (bicyclic) bond motifs is 1. The molecule has 0 aliphatic heterocycles. The van der Waals surface area contributed by atoms with Crippen LogP contribution in [0.15, 0.2) is 45.5 Å². The number of carbonyl (C=O) groups excluding carboxylic acids is 1. The van der Waals surface area contributed by atoms with Crippen LogP contribution in [-0.2, 0) is 9.53 Å². The lowest BCUT2D eigenvalue weighted by atomic mass is 10.1. The van der Waals surface area contributed by atoms with Crippen LogP contribution < -0.4 is 10.1 Å². The molecule has 3 aromatic rings. The maximum absolute atomic E-state index is 11.8. The van der Waals surface area contributed by atoms with E-state index in [2.05, 4.69) is 37.2 Å². The molecule has 0 atom stereocenters. The Morgan fingerprint density at radius 2 is 2.08 bits per heavy atom. The van der Waals surface area contributed by atoms with Crippen molar-refractivity contribution in [3.05, 3.63) is 45.5 Å². The van der Waals surface area contributed by atoms with Gasteiger partial charge in [0.2, 0.25) is 0 Å². The zero-order valence-corrected chi connectivity index (χ0v) is 17.4. The number of pyridine rings is 1. The molecule has 0 bridgehead atoms. The van der Waals surface area contributed by atoms with E-state index >= 15 is 0 Å². The number of rotatable bonds is 6. The SMILES string of the molecule is CCOC(=O)CNc1c(-c2ccccc2OC)nc2c(Br)cc(Br)cn12. The number of nitrogens with one attached hydrogen (secondary N) is 1. The van der Waals surface area contributed by atoms with E-state index in [0.717, 1.165) is 20.2 Å². The maximum atomic E-state index is 11.8. The lowest BCUT2D eigenvalue weighted by Gasteiger charge is -2.11. The van der Waals surface area contributed by atoms with E-state index in [1.807, 2.05) is 40.9 Å². The summed E-state index contributed by atoms with van der Waals surface area (Å²) in [5.74, 6) is 1.05. The number of hydrogen-bond acceptors (Lipinski definition) is 5. The first kappa shape index (κ1) is 18.7. The molecule has 136 valence electrons. The largest absolute Gasteiger partial charge is 0.496 e. The summed E-state index contributed by atoms with van der Waals surface area (Å²) in [6, 6.07) is 9.54. The Hall–Kier alpha value is -2.06. The second kappa shape index (κ2) is 8.09. The Balaban J connectivity index is 2.16. The van der Waals surface area contributed by atoms with Crippen LogP contribution in [0.2, 0.25) is 0 Å². The van der Waals surface area contributed by atoms with E-state index in [-0.39, 0.29) is 12.5 Å². The van der Waals surface area contributed by atoms with Crippen LogP contribution in [0.4, 0.5) is 5.82 Å². The molecular weight excluding hydrogens is 466 g/mol. The van der Waals surface area contributed by atoms with Crippen molar-refractivity contribution in [2.24, 2.45) is 0 Å². The standard InChI is InChI=1S/C18H17Br2N3O3/c1-3-26-15(24)9-21-18-16(12-6-4-5-7-14(12)25-2)22-17-13(20)8-11(19)10-23(17)18/h4-8,10,21H,3,9H2,1-2H3. The van der Waals surface area contributed by atoms with Crippen molar-refractivity contribution in [2.75, 3.05) is 25.6 Å². The van der Waals surface area contributed by atoms with E-state index in [1.165, 1.54) is 0 Å². The van der Waals surface area contributed by atoms with Crippen LogP contribution in [0.5, 0.6) is 5.75 Å². The summed E-state index contributed by atoms with van der Waals surface area (Å²) in [7, 11) is 1.62. The summed E-state index contributed by atoms with van der Waals surface area (Å²) < 4.78 is 14.1. The fourth-order valence-electron chi connectivity index (χ4n) is 2.64. The van der Waals surface area contributed by atoms with Gasteiger partial charge in [-0.15, -0.1) is 0 Å². The number of halogens is 2. The molecule has 1 N–H and O–H groups in total. The molecule has 0 radical (unpaired) electrons. The number of aromatic nitrogens is 2. The predicted molar refractivity (Wildman–Crippen MR) is 108 cm³/mol. The minimum absolute atomic E-state index is 0.0356. The van der Waals surface area contributed by atoms with E-state index in [4.69, 9.17) is 14.5 Å². The molecule has 26 heavy (non-hydrogen) atoms. The predicted octanol–water partition coefficient (Wildman–Crippen LogP) is 4.51. The fourth-order valence-corrected chi connectivity index (χ4v) is 3.91. The molecule has 0 fully saturated rings. The van der Waals surface area contributed by atoms with Gasteiger partial charge in [0.05, 0.1) is 18.2 Å². The first-order chi connectivity index (χ1) is 12.5. The van der Waals surface area contributed by atoms with Gasteiger partial charge in [-0.05, 0) is 57.0 Å². The van der Waals surface area contributed by atoms with E-state index in [1.54, 1.807) is 14.0 Å². The molecule has 0 spiro atoms. The van der Waals surface area contributed by atoms with Crippen LogP contribution >= 0.6 is 31.9 Å². The van der Waals surface area contributed by atoms with Crippen LogP contribution in [0, 0.1) is 0 Å². The van der Waals surface area contributed by atoms with Gasteiger partial charge in [0.15, 0.2) is 5.65 Å². The Morgan fingerprint density at radius 1 is 1.31 bits per heavy atom. The molecule has 2 aromatic heterocycles. The summed E-state index contributed by atoms with van der Waals surface area (Å²) in [5.41, 5.74) is 2.24. The molecule has 8 heteroatoms. The number of benzene rings is 1. The normalized spacial score (nSPS) is 10.8. The Bertz CT molecular complexity index is 956. The van der Waals surface area contributed by atoms with Gasteiger partial charge in [-0.25, -0.2) is 4.98 Å². The highest BCUT2D eigenvalue weighted by atomic mass is 79.9. The summed E-state index contributed by atoms with van der Waals surface area (Å²) >= 11 is 7.04. The number of imidazole rings is 1. The van der Waals surface area contributed by atoms with Gasteiger partial charge in [-0.1, -0.05) is 12.1 Å². The molecule has 0 aliphatic rings. The van der Waals surface area contributed by atoms with Gasteiger partial charge in [0.25, 0.3) is 0 Å². The first-order valence-electron chi connectivity index (χ1n) is 7.95. The van der Waals surface area contributed by atoms with Gasteiger partial charge < -0.3 is 14.8 Å². The highest BCUT2D eigenvalue weighted by Crippen LogP contribution is 2.37. The highest BCUT2D eigenvalue weighted by molar-refractivity contribution is 9.11. The first-order valence-corrected chi connectivity index (χ1v) is 9.53. The number of esters is 1. The zero-order valence-electron chi connectivity index (χ0n) is 14.3. The van der Waals surface area contributed by atoms with Crippen LogP contribution in [0.3, 0.4) is 0 Å². The Labute approximate surface area is 167 Å². The molecule has 0 aliphatic carbocycles. The lowest BCUT2D eigenvalue weighted by molar-refractivity contribution is -0.140. The maximum Gasteiger partial charge on any atom is 0.325 e. The molecule has 0 unspecified atom stereocenters. The number of hydrogen-bond donors (Lipinski definition) is 1. The quantitative estimate of drug-likeness (QED) is 0.523. The molecular formula is C18H17Br2N3O3. The number of para-hydroxylation sites is 1. The summed E-state index contributed by atoms with van der Waals surface area (Å²) in [6.45, 7) is 2.15. The summed E-state index contributed by atoms with van der Waals surface area (Å²) in [4.78, 5) is 16.6. The topological polar surface area (TPSA) is 64.9 Å². The van der Waals surface area contributed by atoms with Crippen molar-refractivity contribution >= 4 is 49.3 Å². The highest BCUT2D eigenvalue weighted by Gasteiger charge is 2.19. The molecule has 0 saturated carbocycles. The molecule has 6 nitrogen and oxygen atoms in total. The van der Waals surface area contributed by atoms with Crippen molar-refractivity contribution in [3.63, 3.8) is 0 Å². The zero-order chi connectivity index (χ0) is 18.7. The lowest BCUT2D eigenvalue weighted by Crippen LogP contribution is -2.18. The van der Waals surface area contributed by atoms with Gasteiger partial charge >= 0.3 is 5.97 Å². The van der Waals surface area contributed by atoms with Gasteiger partial charge in [0.1, 0.15) is 23.8 Å². The molecule has 0 amide bonds. The second-order valence-electron chi connectivity index (χ2n) is 5.37. The molecule has 3 rings (SSSR count). The average molecular weight is 483 g/mol. The minimum Gasteiger partial charge on any atom is -0.496 e. The molecule has 0 saturated heterocycles. The van der Waals surface area contributed by atoms with Crippen LogP contribution in [0.25, 0.3) is 16.9 Å². The third kappa shape index (κ3) is 3.71. The van der Waals surface area contributed by atoms with Crippen molar-refractivity contribution < 1.29 is 14.3 Å². The average Bonchev–Trinajstić information content (AvgIpc) is 2.98. The summed E-state index contributed by atoms with van der Waals surface area (Å²) in [5, 5.41) is 3.15. The van der Waals surface area contributed by atoms with Crippen LogP contribution in [0.1, 0.15) is 6.92 Å². The van der Waals surface area contributed by atoms with Crippen LogP contribution in [-0.4, -0.2) is 35.6 Å². The second-order valence-corrected chi connectivity index (χ2v) is 7.14. The van der Waals surface area contributed by atoms with E-state index < -0.39 is 0 Å². The van der Waals surface area contributed by atoms with Crippen molar-refractivity contribution in [1.29, 1.82) is 0 Å². The van der Waals surface area contributed by atoms with Crippen molar-refractivity contribution in [2.45, 2.75) is 6.92 Å². The summed E-state index contributed by atoms with van der Waals surface area (Å²) in [6.07, 6.45) is 1.89. The van der Waals surface area contributed by atoms with Crippen molar-refractivity contribution in [1.82, 2.24) is 9.38 Å². The monoisotopic (exact) mass is 481 g/mol. The fraction of sp³-hybridized carbons (Fsp3) is 0.222. The van der Waals surface area contributed by atoms with Gasteiger partial charge in [-0.3, -0.25) is 9.20 Å². The van der Waals surface area contributed by atoms with Gasteiger partial charge in [0, 0.05) is 16.2 Å². The van der Waals surface area contributed by atoms with Gasteiger partial charge in [-0.2, -0.15) is 0 Å². The smallest absolute Gasteiger partial charge is 0.325 e. The molecule has 2 heterocycles. The minimum atomic E-state index is -0.331. The third-order valence-electron chi connectivity index (χ3n) is 3.71. The Kier molecular flexibility index (Phi) is 5.83. The van der Waals surface area contributed by atoms with E-state index in [0.29, 0.717) is 23.9 Å². The Morgan fingerprint density at radius 3 is 2.81 bits per heavy atom. The number of carbonyl (C=O) groups is 1. The number of ether oxygens (including phenoxy) is 2. The molecule has 1 aromatic carbocycles. The number of anilines is 1. The van der Waals surface area contributed by atoms with E-state index in [9.17, 15) is 4.79 Å². The number of nitrogens with zero attached hydrogens (tertiary/aromatic N) is 2.